The second-order valence-corrected chi connectivity index (χ2v) is 3.59. The zero-order valence-corrected chi connectivity index (χ0v) is 10.1. The Labute approximate surface area is 101 Å². The number of para-hydroxylation sites is 1. The van der Waals surface area contributed by atoms with Crippen LogP contribution in [0.15, 0.2) is 30.3 Å². The molecule has 4 amide bonds. The van der Waals surface area contributed by atoms with Crippen molar-refractivity contribution in [2.24, 2.45) is 0 Å². The molecule has 0 saturated carbocycles. The average Bonchev–Trinajstić information content (AvgIpc) is 2.36. The van der Waals surface area contributed by atoms with Crippen LogP contribution in [0.5, 0.6) is 0 Å². The standard InChI is InChI=1S/C12H17N3O2/c1-3-9-13-11(16)15(2)12(17)14-10-7-5-4-6-8-10/h4-8H,3,9H2,1-2H3,(H,13,16)(H,14,17). The number of nitrogens with one attached hydrogen (secondary N) is 2. The monoisotopic (exact) mass is 235 g/mol. The lowest BCUT2D eigenvalue weighted by Gasteiger charge is -2.16. The van der Waals surface area contributed by atoms with Gasteiger partial charge in [-0.15, -0.1) is 0 Å². The predicted octanol–water partition coefficient (Wildman–Crippen LogP) is 2.27. The minimum Gasteiger partial charge on any atom is -0.338 e. The van der Waals surface area contributed by atoms with Gasteiger partial charge in [-0.05, 0) is 18.6 Å². The molecule has 5 nitrogen and oxygen atoms in total. The van der Waals surface area contributed by atoms with Crippen LogP contribution in [0.25, 0.3) is 0 Å². The van der Waals surface area contributed by atoms with Gasteiger partial charge in [0.15, 0.2) is 0 Å². The highest BCUT2D eigenvalue weighted by Crippen LogP contribution is 2.05. The summed E-state index contributed by atoms with van der Waals surface area (Å²) in [5.74, 6) is 0. The Morgan fingerprint density at radius 1 is 1.18 bits per heavy atom. The third-order valence-corrected chi connectivity index (χ3v) is 2.16. The molecule has 0 unspecified atom stereocenters. The molecular formula is C12H17N3O2. The summed E-state index contributed by atoms with van der Waals surface area (Å²) in [6, 6.07) is 8.14. The Morgan fingerprint density at radius 3 is 2.41 bits per heavy atom. The van der Waals surface area contributed by atoms with Crippen molar-refractivity contribution < 1.29 is 9.59 Å². The van der Waals surface area contributed by atoms with E-state index in [-0.39, 0.29) is 0 Å². The SMILES string of the molecule is CCCNC(=O)N(C)C(=O)Nc1ccccc1. The zero-order valence-electron chi connectivity index (χ0n) is 10.1. The predicted molar refractivity (Wildman–Crippen MR) is 66.9 cm³/mol. The Balaban J connectivity index is 2.50. The van der Waals surface area contributed by atoms with Gasteiger partial charge in [-0.3, -0.25) is 0 Å². The largest absolute Gasteiger partial charge is 0.338 e. The summed E-state index contributed by atoms with van der Waals surface area (Å²) < 4.78 is 0. The lowest BCUT2D eigenvalue weighted by molar-refractivity contribution is 0.202. The molecule has 17 heavy (non-hydrogen) atoms. The summed E-state index contributed by atoms with van der Waals surface area (Å²) >= 11 is 0. The first-order valence-electron chi connectivity index (χ1n) is 5.52. The summed E-state index contributed by atoms with van der Waals surface area (Å²) in [5.41, 5.74) is 0.660. The molecule has 0 spiro atoms. The van der Waals surface area contributed by atoms with Crippen LogP contribution >= 0.6 is 0 Å². The summed E-state index contributed by atoms with van der Waals surface area (Å²) in [6.07, 6.45) is 0.833. The van der Waals surface area contributed by atoms with Crippen LogP contribution in [0.4, 0.5) is 15.3 Å². The van der Waals surface area contributed by atoms with E-state index in [0.29, 0.717) is 12.2 Å². The highest BCUT2D eigenvalue weighted by atomic mass is 16.2. The van der Waals surface area contributed by atoms with E-state index in [1.165, 1.54) is 7.05 Å². The van der Waals surface area contributed by atoms with Crippen molar-refractivity contribution >= 4 is 17.7 Å². The number of imide groups is 1. The van der Waals surface area contributed by atoms with E-state index in [2.05, 4.69) is 10.6 Å². The second-order valence-electron chi connectivity index (χ2n) is 3.59. The van der Waals surface area contributed by atoms with Crippen LogP contribution in [0.2, 0.25) is 0 Å². The Bertz CT molecular complexity index is 379. The normalized spacial score (nSPS) is 9.53. The van der Waals surface area contributed by atoms with Crippen LogP contribution in [0.1, 0.15) is 13.3 Å². The van der Waals surface area contributed by atoms with Crippen LogP contribution in [-0.4, -0.2) is 30.6 Å². The number of urea groups is 2. The Morgan fingerprint density at radius 2 is 1.82 bits per heavy atom. The molecule has 0 fully saturated rings. The lowest BCUT2D eigenvalue weighted by atomic mass is 10.3. The van der Waals surface area contributed by atoms with E-state index < -0.39 is 12.1 Å². The number of carbonyl (C=O) groups excluding carboxylic acids is 2. The molecule has 0 aliphatic heterocycles. The first kappa shape index (κ1) is 13.0. The number of benzene rings is 1. The summed E-state index contributed by atoms with van der Waals surface area (Å²) in [6.45, 7) is 2.51. The molecule has 1 aromatic carbocycles. The Kier molecular flexibility index (Phi) is 5.00. The first-order chi connectivity index (χ1) is 8.15. The number of hydrogen-bond donors (Lipinski definition) is 2. The minimum absolute atomic E-state index is 0.403. The summed E-state index contributed by atoms with van der Waals surface area (Å²) in [5, 5.41) is 5.25. The molecule has 1 rings (SSSR count). The molecule has 5 heteroatoms. The maximum Gasteiger partial charge on any atom is 0.329 e. The highest BCUT2D eigenvalue weighted by molar-refractivity contribution is 6.00. The topological polar surface area (TPSA) is 61.4 Å². The van der Waals surface area contributed by atoms with Crippen molar-refractivity contribution in [3.63, 3.8) is 0 Å². The fourth-order valence-electron chi connectivity index (χ4n) is 1.17. The molecule has 0 heterocycles. The lowest BCUT2D eigenvalue weighted by Crippen LogP contribution is -2.43. The maximum atomic E-state index is 11.7. The summed E-state index contributed by atoms with van der Waals surface area (Å²) in [4.78, 5) is 24.2. The fourth-order valence-corrected chi connectivity index (χ4v) is 1.17. The van der Waals surface area contributed by atoms with Crippen molar-refractivity contribution in [1.82, 2.24) is 10.2 Å². The van der Waals surface area contributed by atoms with Gasteiger partial charge in [-0.2, -0.15) is 0 Å². The fraction of sp³-hybridized carbons (Fsp3) is 0.333. The molecular weight excluding hydrogens is 218 g/mol. The van der Waals surface area contributed by atoms with Gasteiger partial charge >= 0.3 is 12.1 Å². The molecule has 1 aromatic rings. The van der Waals surface area contributed by atoms with Crippen LogP contribution in [0, 0.1) is 0 Å². The molecule has 0 saturated heterocycles. The summed E-state index contributed by atoms with van der Waals surface area (Å²) in [7, 11) is 1.43. The van der Waals surface area contributed by atoms with Crippen molar-refractivity contribution in [3.05, 3.63) is 30.3 Å². The molecule has 2 N–H and O–H groups in total. The molecule has 92 valence electrons. The molecule has 0 atom stereocenters. The van der Waals surface area contributed by atoms with E-state index >= 15 is 0 Å². The van der Waals surface area contributed by atoms with E-state index in [0.717, 1.165) is 11.3 Å². The van der Waals surface area contributed by atoms with Gasteiger partial charge in [0.05, 0.1) is 0 Å². The zero-order chi connectivity index (χ0) is 12.7. The van der Waals surface area contributed by atoms with E-state index in [1.807, 2.05) is 25.1 Å². The van der Waals surface area contributed by atoms with Gasteiger partial charge in [0.2, 0.25) is 0 Å². The quantitative estimate of drug-likeness (QED) is 0.844. The van der Waals surface area contributed by atoms with Gasteiger partial charge < -0.3 is 10.6 Å². The van der Waals surface area contributed by atoms with Crippen LogP contribution < -0.4 is 10.6 Å². The minimum atomic E-state index is -0.454. The second kappa shape index (κ2) is 6.52. The van der Waals surface area contributed by atoms with Gasteiger partial charge in [0, 0.05) is 19.3 Å². The van der Waals surface area contributed by atoms with Crippen molar-refractivity contribution in [2.75, 3.05) is 18.9 Å². The Hall–Kier alpha value is -2.04. The van der Waals surface area contributed by atoms with Crippen LogP contribution in [-0.2, 0) is 0 Å². The van der Waals surface area contributed by atoms with Crippen molar-refractivity contribution in [1.29, 1.82) is 0 Å². The van der Waals surface area contributed by atoms with E-state index in [1.54, 1.807) is 12.1 Å². The van der Waals surface area contributed by atoms with Gasteiger partial charge in [0.1, 0.15) is 0 Å². The number of anilines is 1. The third-order valence-electron chi connectivity index (χ3n) is 2.16. The van der Waals surface area contributed by atoms with Crippen molar-refractivity contribution in [3.8, 4) is 0 Å². The van der Waals surface area contributed by atoms with Crippen molar-refractivity contribution in [2.45, 2.75) is 13.3 Å². The molecule has 0 bridgehead atoms. The van der Waals surface area contributed by atoms with Crippen LogP contribution in [0.3, 0.4) is 0 Å². The number of amides is 4. The number of nitrogens with zero attached hydrogens (tertiary/aromatic N) is 1. The van der Waals surface area contributed by atoms with Gasteiger partial charge in [-0.25, -0.2) is 14.5 Å². The highest BCUT2D eigenvalue weighted by Gasteiger charge is 2.15. The third kappa shape index (κ3) is 4.14. The van der Waals surface area contributed by atoms with Gasteiger partial charge in [-0.1, -0.05) is 25.1 Å². The maximum absolute atomic E-state index is 11.7. The number of rotatable bonds is 3. The number of hydrogen-bond acceptors (Lipinski definition) is 2. The molecule has 0 aliphatic rings. The average molecular weight is 235 g/mol. The molecule has 0 aromatic heterocycles. The molecule has 0 radical (unpaired) electrons. The molecule has 0 aliphatic carbocycles. The first-order valence-corrected chi connectivity index (χ1v) is 5.52. The van der Waals surface area contributed by atoms with E-state index in [9.17, 15) is 9.59 Å². The van der Waals surface area contributed by atoms with E-state index in [4.69, 9.17) is 0 Å². The van der Waals surface area contributed by atoms with Gasteiger partial charge in [0.25, 0.3) is 0 Å². The smallest absolute Gasteiger partial charge is 0.329 e. The number of carbonyl (C=O) groups is 2.